The summed E-state index contributed by atoms with van der Waals surface area (Å²) in [6.45, 7) is 2.26. The molecule has 0 atom stereocenters. The lowest BCUT2D eigenvalue weighted by Gasteiger charge is -2.00. The van der Waals surface area contributed by atoms with Crippen LogP contribution in [-0.4, -0.2) is 6.21 Å². The third kappa shape index (κ3) is 13.2. The van der Waals surface area contributed by atoms with Crippen LogP contribution in [0.15, 0.2) is 4.99 Å². The van der Waals surface area contributed by atoms with Crippen molar-refractivity contribution in [1.29, 1.82) is 5.26 Å². The maximum atomic E-state index is 8.18. The maximum Gasteiger partial charge on any atom is 0.205 e. The van der Waals surface area contributed by atoms with Gasteiger partial charge in [-0.15, -0.1) is 0 Å². The summed E-state index contributed by atoms with van der Waals surface area (Å²) in [4.78, 5) is 3.53. The van der Waals surface area contributed by atoms with Gasteiger partial charge in [0, 0.05) is 6.21 Å². The van der Waals surface area contributed by atoms with E-state index in [1.807, 2.05) is 0 Å². The van der Waals surface area contributed by atoms with Gasteiger partial charge in [-0.25, -0.2) is 0 Å². The first kappa shape index (κ1) is 15.2. The molecule has 0 aromatic rings. The molecule has 0 bridgehead atoms. The summed E-state index contributed by atoms with van der Waals surface area (Å²) in [5.74, 6) is 0. The largest absolute Gasteiger partial charge is 0.205 e. The Morgan fingerprint density at radius 2 is 1.38 bits per heavy atom. The summed E-state index contributed by atoms with van der Waals surface area (Å²) >= 11 is 0. The molecule has 0 aliphatic carbocycles. The van der Waals surface area contributed by atoms with E-state index < -0.39 is 0 Å². The summed E-state index contributed by atoms with van der Waals surface area (Å²) in [7, 11) is 0. The van der Waals surface area contributed by atoms with Crippen molar-refractivity contribution in [2.45, 2.75) is 77.6 Å². The number of aliphatic imine (C=N–C) groups is 1. The molecule has 0 heterocycles. The van der Waals surface area contributed by atoms with Crippen molar-refractivity contribution in [2.24, 2.45) is 4.99 Å². The van der Waals surface area contributed by atoms with Crippen molar-refractivity contribution in [1.82, 2.24) is 0 Å². The number of rotatable bonds is 11. The van der Waals surface area contributed by atoms with Crippen LogP contribution in [0.25, 0.3) is 0 Å². The number of hydrogen-bond acceptors (Lipinski definition) is 2. The first-order valence-electron chi connectivity index (χ1n) is 6.82. The summed E-state index contributed by atoms with van der Waals surface area (Å²) in [5.41, 5.74) is 0. The molecular weight excluding hydrogens is 196 g/mol. The van der Waals surface area contributed by atoms with Crippen molar-refractivity contribution in [3.63, 3.8) is 0 Å². The second kappa shape index (κ2) is 14.2. The van der Waals surface area contributed by atoms with Gasteiger partial charge in [0.05, 0.1) is 0 Å². The first-order valence-corrected chi connectivity index (χ1v) is 6.82. The summed E-state index contributed by atoms with van der Waals surface area (Å²) in [6.07, 6.45) is 18.0. The van der Waals surface area contributed by atoms with Crippen molar-refractivity contribution >= 4 is 6.21 Å². The van der Waals surface area contributed by atoms with Crippen LogP contribution in [0.5, 0.6) is 0 Å². The van der Waals surface area contributed by atoms with Crippen LogP contribution < -0.4 is 0 Å². The first-order chi connectivity index (χ1) is 7.91. The zero-order chi connectivity index (χ0) is 11.9. The van der Waals surface area contributed by atoms with E-state index in [9.17, 15) is 0 Å². The Bertz CT molecular complexity index is 191. The number of unbranched alkanes of at least 4 members (excludes halogenated alkanes) is 10. The van der Waals surface area contributed by atoms with Crippen LogP contribution in [-0.2, 0) is 0 Å². The molecule has 0 radical (unpaired) electrons. The zero-order valence-corrected chi connectivity index (χ0v) is 10.7. The molecule has 0 amide bonds. The van der Waals surface area contributed by atoms with Gasteiger partial charge < -0.3 is 0 Å². The van der Waals surface area contributed by atoms with Gasteiger partial charge in [-0.1, -0.05) is 64.7 Å². The molecule has 0 saturated heterocycles. The number of hydrogen-bond donors (Lipinski definition) is 0. The fraction of sp³-hybridized carbons (Fsp3) is 0.857. The monoisotopic (exact) mass is 222 g/mol. The third-order valence-electron chi connectivity index (χ3n) is 2.84. The highest BCUT2D eigenvalue weighted by molar-refractivity contribution is 5.58. The second-order valence-electron chi connectivity index (χ2n) is 4.38. The molecule has 92 valence electrons. The van der Waals surface area contributed by atoms with E-state index in [0.717, 1.165) is 6.42 Å². The standard InChI is InChI=1S/C14H26N2/c1-2-3-4-5-6-7-8-9-10-11-12-13-16-14-15/h13H,2-12H2,1H3. The Labute approximate surface area is 101 Å². The van der Waals surface area contributed by atoms with Gasteiger partial charge >= 0.3 is 0 Å². The summed E-state index contributed by atoms with van der Waals surface area (Å²) in [6, 6.07) is 0. The van der Waals surface area contributed by atoms with Gasteiger partial charge in [-0.05, 0) is 12.8 Å². The Kier molecular flexibility index (Phi) is 13.4. The highest BCUT2D eigenvalue weighted by Gasteiger charge is 1.91. The third-order valence-corrected chi connectivity index (χ3v) is 2.84. The van der Waals surface area contributed by atoms with Crippen LogP contribution in [0.1, 0.15) is 77.6 Å². The molecule has 0 aromatic carbocycles. The molecular formula is C14H26N2. The topological polar surface area (TPSA) is 36.1 Å². The van der Waals surface area contributed by atoms with Crippen LogP contribution in [0, 0.1) is 11.5 Å². The van der Waals surface area contributed by atoms with E-state index >= 15 is 0 Å². The van der Waals surface area contributed by atoms with E-state index in [1.165, 1.54) is 64.2 Å². The van der Waals surface area contributed by atoms with Crippen LogP contribution in [0.4, 0.5) is 0 Å². The molecule has 2 heteroatoms. The average molecular weight is 222 g/mol. The summed E-state index contributed by atoms with van der Waals surface area (Å²) < 4.78 is 0. The summed E-state index contributed by atoms with van der Waals surface area (Å²) in [5, 5.41) is 8.18. The smallest absolute Gasteiger partial charge is 0.186 e. The molecule has 0 spiro atoms. The van der Waals surface area contributed by atoms with E-state index in [-0.39, 0.29) is 0 Å². The Morgan fingerprint density at radius 3 is 1.88 bits per heavy atom. The van der Waals surface area contributed by atoms with Crippen molar-refractivity contribution < 1.29 is 0 Å². The lowest BCUT2D eigenvalue weighted by atomic mass is 10.1. The fourth-order valence-electron chi connectivity index (χ4n) is 1.83. The molecule has 0 aliphatic heterocycles. The van der Waals surface area contributed by atoms with Gasteiger partial charge in [0.2, 0.25) is 6.19 Å². The van der Waals surface area contributed by atoms with E-state index in [0.29, 0.717) is 0 Å². The van der Waals surface area contributed by atoms with Gasteiger partial charge in [0.15, 0.2) is 0 Å². The highest BCUT2D eigenvalue weighted by atomic mass is 14.7. The van der Waals surface area contributed by atoms with E-state index in [1.54, 1.807) is 12.4 Å². The normalized spacial score (nSPS) is 10.8. The van der Waals surface area contributed by atoms with Gasteiger partial charge in [0.1, 0.15) is 0 Å². The minimum absolute atomic E-state index is 0.962. The van der Waals surface area contributed by atoms with E-state index in [4.69, 9.17) is 5.26 Å². The van der Waals surface area contributed by atoms with Gasteiger partial charge in [-0.2, -0.15) is 10.3 Å². The molecule has 0 unspecified atom stereocenters. The van der Waals surface area contributed by atoms with Gasteiger partial charge in [-0.3, -0.25) is 0 Å². The average Bonchev–Trinajstić information content (AvgIpc) is 2.31. The van der Waals surface area contributed by atoms with Crippen molar-refractivity contribution in [3.05, 3.63) is 0 Å². The molecule has 0 aliphatic rings. The predicted octanol–water partition coefficient (Wildman–Crippen LogP) is 4.85. The minimum atomic E-state index is 0.962. The molecule has 2 nitrogen and oxygen atoms in total. The Balaban J connectivity index is 2.94. The van der Waals surface area contributed by atoms with E-state index in [2.05, 4.69) is 11.9 Å². The fourth-order valence-corrected chi connectivity index (χ4v) is 1.83. The maximum absolute atomic E-state index is 8.18. The quantitative estimate of drug-likeness (QED) is 0.280. The molecule has 0 fully saturated rings. The highest BCUT2D eigenvalue weighted by Crippen LogP contribution is 2.10. The molecule has 16 heavy (non-hydrogen) atoms. The van der Waals surface area contributed by atoms with Crippen LogP contribution in [0.2, 0.25) is 0 Å². The number of nitrogens with zero attached hydrogens (tertiary/aromatic N) is 2. The SMILES string of the molecule is CCCCCCCCCCCCC=NC#N. The Hall–Kier alpha value is -0.840. The van der Waals surface area contributed by atoms with Crippen molar-refractivity contribution in [2.75, 3.05) is 0 Å². The zero-order valence-electron chi connectivity index (χ0n) is 10.7. The number of nitriles is 1. The predicted molar refractivity (Wildman–Crippen MR) is 70.6 cm³/mol. The van der Waals surface area contributed by atoms with Gasteiger partial charge in [0.25, 0.3) is 0 Å². The molecule has 0 rings (SSSR count). The van der Waals surface area contributed by atoms with Crippen LogP contribution >= 0.6 is 0 Å². The minimum Gasteiger partial charge on any atom is -0.186 e. The Morgan fingerprint density at radius 1 is 0.875 bits per heavy atom. The van der Waals surface area contributed by atoms with Crippen LogP contribution in [0.3, 0.4) is 0 Å². The lowest BCUT2D eigenvalue weighted by molar-refractivity contribution is 0.559. The lowest BCUT2D eigenvalue weighted by Crippen LogP contribution is -1.82. The molecule has 0 aromatic heterocycles. The molecule has 0 N–H and O–H groups in total. The second-order valence-corrected chi connectivity index (χ2v) is 4.38. The molecule has 0 saturated carbocycles. The van der Waals surface area contributed by atoms with Crippen molar-refractivity contribution in [3.8, 4) is 6.19 Å².